The summed E-state index contributed by atoms with van der Waals surface area (Å²) in [4.78, 5) is 37.7. The van der Waals surface area contributed by atoms with Crippen molar-refractivity contribution in [1.29, 1.82) is 0 Å². The van der Waals surface area contributed by atoms with E-state index in [0.717, 1.165) is 89.9 Å². The van der Waals surface area contributed by atoms with Crippen molar-refractivity contribution in [3.8, 4) is 0 Å². The highest BCUT2D eigenvalue weighted by Crippen LogP contribution is 2.13. The van der Waals surface area contributed by atoms with Crippen LogP contribution in [0, 0.1) is 0 Å². The number of hydrogen-bond donors (Lipinski definition) is 0. The largest absolute Gasteiger partial charge is 0.462 e. The molecule has 0 bridgehead atoms. The molecule has 0 aromatic rings. The highest BCUT2D eigenvalue weighted by atomic mass is 16.6. The smallest absolute Gasteiger partial charge is 0.306 e. The second-order valence-electron chi connectivity index (χ2n) is 16.0. The van der Waals surface area contributed by atoms with E-state index >= 15 is 0 Å². The number of unbranched alkanes of at least 4 members (excludes halogenated alkanes) is 16. The van der Waals surface area contributed by atoms with Gasteiger partial charge in [0.2, 0.25) is 0 Å². The Morgan fingerprint density at radius 2 is 0.672 bits per heavy atom. The van der Waals surface area contributed by atoms with Gasteiger partial charge in [-0.3, -0.25) is 14.4 Å². The molecule has 0 aromatic heterocycles. The Bertz CT molecular complexity index is 1250. The summed E-state index contributed by atoms with van der Waals surface area (Å²) < 4.78 is 16.6. The van der Waals surface area contributed by atoms with Crippen LogP contribution < -0.4 is 0 Å². The lowest BCUT2D eigenvalue weighted by Crippen LogP contribution is -2.30. The number of rotatable bonds is 43. The molecule has 0 aliphatic rings. The minimum atomic E-state index is -0.809. The molecule has 61 heavy (non-hydrogen) atoms. The molecule has 0 heterocycles. The number of carbonyl (C=O) groups excluding carboxylic acids is 3. The van der Waals surface area contributed by atoms with E-state index in [9.17, 15) is 14.4 Å². The van der Waals surface area contributed by atoms with Crippen LogP contribution in [0.3, 0.4) is 0 Å². The van der Waals surface area contributed by atoms with E-state index < -0.39 is 6.10 Å². The quantitative estimate of drug-likeness (QED) is 0.0263. The Balaban J connectivity index is 4.38. The average molecular weight is 847 g/mol. The summed E-state index contributed by atoms with van der Waals surface area (Å²) in [5, 5.41) is 0. The summed E-state index contributed by atoms with van der Waals surface area (Å²) >= 11 is 0. The maximum absolute atomic E-state index is 12.7. The number of esters is 3. The lowest BCUT2D eigenvalue weighted by atomic mass is 10.1. The molecule has 6 nitrogen and oxygen atoms in total. The van der Waals surface area contributed by atoms with Gasteiger partial charge in [-0.05, 0) is 89.9 Å². The van der Waals surface area contributed by atoms with Crippen molar-refractivity contribution in [2.75, 3.05) is 13.2 Å². The van der Waals surface area contributed by atoms with E-state index in [1.54, 1.807) is 0 Å². The van der Waals surface area contributed by atoms with Crippen LogP contribution >= 0.6 is 0 Å². The Morgan fingerprint density at radius 1 is 0.344 bits per heavy atom. The minimum absolute atomic E-state index is 0.105. The van der Waals surface area contributed by atoms with E-state index in [-0.39, 0.29) is 37.5 Å². The minimum Gasteiger partial charge on any atom is -0.462 e. The fourth-order valence-electron chi connectivity index (χ4n) is 6.38. The molecule has 0 amide bonds. The van der Waals surface area contributed by atoms with E-state index in [4.69, 9.17) is 14.2 Å². The predicted octanol–water partition coefficient (Wildman–Crippen LogP) is 16.2. The van der Waals surface area contributed by atoms with Crippen LogP contribution in [-0.4, -0.2) is 37.2 Å². The van der Waals surface area contributed by atoms with Crippen LogP contribution in [0.5, 0.6) is 0 Å². The van der Waals surface area contributed by atoms with Gasteiger partial charge in [-0.15, -0.1) is 0 Å². The van der Waals surface area contributed by atoms with Crippen LogP contribution in [0.4, 0.5) is 0 Å². The molecule has 0 spiro atoms. The SMILES string of the molecule is CC/C=C\C/C=C\C/C=C\C/C=C\C/C=C\C/C=C\CCC(=O)OCC(COC(=O)CCCCCCCC)OC(=O)CCCCCCCCC/C=C\C/C=C\CCCCCC. The Kier molecular flexibility index (Phi) is 46.0. The molecular formula is C55H90O6. The van der Waals surface area contributed by atoms with Crippen LogP contribution in [0.2, 0.25) is 0 Å². The number of ether oxygens (including phenoxy) is 3. The molecule has 0 rings (SSSR count). The molecule has 6 heteroatoms. The molecular weight excluding hydrogens is 757 g/mol. The zero-order chi connectivity index (χ0) is 44.4. The summed E-state index contributed by atoms with van der Waals surface area (Å²) in [6.07, 6.45) is 64.2. The van der Waals surface area contributed by atoms with Gasteiger partial charge in [0.05, 0.1) is 0 Å². The normalized spacial score (nSPS) is 12.9. The maximum Gasteiger partial charge on any atom is 0.306 e. The van der Waals surface area contributed by atoms with Gasteiger partial charge < -0.3 is 14.2 Å². The summed E-state index contributed by atoms with van der Waals surface area (Å²) in [7, 11) is 0. The fourth-order valence-corrected chi connectivity index (χ4v) is 6.38. The summed E-state index contributed by atoms with van der Waals surface area (Å²) in [5.74, 6) is -1.02. The average Bonchev–Trinajstić information content (AvgIpc) is 3.26. The van der Waals surface area contributed by atoms with E-state index in [1.165, 1.54) is 77.0 Å². The van der Waals surface area contributed by atoms with Gasteiger partial charge in [-0.1, -0.05) is 201 Å². The molecule has 0 radical (unpaired) electrons. The zero-order valence-electron chi connectivity index (χ0n) is 39.4. The van der Waals surface area contributed by atoms with Gasteiger partial charge in [0.25, 0.3) is 0 Å². The maximum atomic E-state index is 12.7. The van der Waals surface area contributed by atoms with Crippen LogP contribution in [-0.2, 0) is 28.6 Å². The summed E-state index contributed by atoms with van der Waals surface area (Å²) in [6.45, 7) is 6.36. The number of carbonyl (C=O) groups is 3. The Morgan fingerprint density at radius 3 is 1.11 bits per heavy atom. The lowest BCUT2D eigenvalue weighted by Gasteiger charge is -2.18. The van der Waals surface area contributed by atoms with Crippen molar-refractivity contribution in [2.24, 2.45) is 0 Å². The number of allylic oxidation sites excluding steroid dienone is 16. The first-order valence-corrected chi connectivity index (χ1v) is 24.7. The van der Waals surface area contributed by atoms with Gasteiger partial charge in [0.15, 0.2) is 6.10 Å². The molecule has 0 aliphatic heterocycles. The highest BCUT2D eigenvalue weighted by molar-refractivity contribution is 5.71. The first-order chi connectivity index (χ1) is 30.0. The first kappa shape index (κ1) is 57.3. The predicted molar refractivity (Wildman–Crippen MR) is 260 cm³/mol. The van der Waals surface area contributed by atoms with Crippen molar-refractivity contribution in [1.82, 2.24) is 0 Å². The number of hydrogen-bond acceptors (Lipinski definition) is 6. The lowest BCUT2D eigenvalue weighted by molar-refractivity contribution is -0.166. The van der Waals surface area contributed by atoms with Gasteiger partial charge in [0.1, 0.15) is 13.2 Å². The van der Waals surface area contributed by atoms with Crippen LogP contribution in [0.15, 0.2) is 97.2 Å². The second kappa shape index (κ2) is 49.0. The summed E-state index contributed by atoms with van der Waals surface area (Å²) in [6, 6.07) is 0. The van der Waals surface area contributed by atoms with Gasteiger partial charge in [-0.25, -0.2) is 0 Å². The Hall–Kier alpha value is -3.67. The monoisotopic (exact) mass is 847 g/mol. The molecule has 0 saturated heterocycles. The van der Waals surface area contributed by atoms with Crippen LogP contribution in [0.25, 0.3) is 0 Å². The molecule has 0 N–H and O–H groups in total. The molecule has 0 saturated carbocycles. The van der Waals surface area contributed by atoms with E-state index in [0.29, 0.717) is 19.3 Å². The second-order valence-corrected chi connectivity index (χ2v) is 16.0. The van der Waals surface area contributed by atoms with Crippen LogP contribution in [0.1, 0.15) is 213 Å². The molecule has 0 aromatic carbocycles. The van der Waals surface area contributed by atoms with Crippen molar-refractivity contribution in [3.63, 3.8) is 0 Å². The molecule has 0 aliphatic carbocycles. The first-order valence-electron chi connectivity index (χ1n) is 24.7. The van der Waals surface area contributed by atoms with Gasteiger partial charge in [0, 0.05) is 19.3 Å². The van der Waals surface area contributed by atoms with Crippen molar-refractivity contribution >= 4 is 17.9 Å². The molecule has 1 atom stereocenters. The topological polar surface area (TPSA) is 78.9 Å². The third kappa shape index (κ3) is 47.2. The zero-order valence-corrected chi connectivity index (χ0v) is 39.4. The van der Waals surface area contributed by atoms with Gasteiger partial charge >= 0.3 is 17.9 Å². The standard InChI is InChI=1S/C55H90O6/c1-4-7-10-13-16-18-20-22-24-26-28-30-31-33-35-37-39-42-45-48-54(57)60-51-52(50-59-53(56)47-44-41-15-12-9-6-3)61-55(58)49-46-43-40-38-36-34-32-29-27-25-23-21-19-17-14-11-8-5-2/h7,10,16,18-19,21-22,24-25,27-28,30,33,35,39,42,52H,4-6,8-9,11-15,17,20,23,26,29,31-32,34,36-38,40-41,43-51H2,1-3H3/b10-7-,18-16-,21-19-,24-22-,27-25-,30-28-,35-33-,42-39-. The van der Waals surface area contributed by atoms with Gasteiger partial charge in [-0.2, -0.15) is 0 Å². The third-order valence-corrected chi connectivity index (χ3v) is 10.1. The van der Waals surface area contributed by atoms with Crippen molar-refractivity contribution in [3.05, 3.63) is 97.2 Å². The summed E-state index contributed by atoms with van der Waals surface area (Å²) in [5.41, 5.74) is 0. The third-order valence-electron chi connectivity index (χ3n) is 10.1. The molecule has 1 unspecified atom stereocenters. The van der Waals surface area contributed by atoms with Crippen molar-refractivity contribution in [2.45, 2.75) is 219 Å². The molecule has 0 fully saturated rings. The fraction of sp³-hybridized carbons (Fsp3) is 0.655. The molecule has 346 valence electrons. The van der Waals surface area contributed by atoms with E-state index in [2.05, 4.69) is 106 Å². The van der Waals surface area contributed by atoms with E-state index in [1.807, 2.05) is 12.2 Å². The highest BCUT2D eigenvalue weighted by Gasteiger charge is 2.19. The Labute approximate surface area is 375 Å². The van der Waals surface area contributed by atoms with Crippen molar-refractivity contribution < 1.29 is 28.6 Å².